The molecule has 1 aromatic heterocycles. The molecule has 0 saturated heterocycles. The predicted molar refractivity (Wildman–Crippen MR) is 117 cm³/mol. The molecule has 0 spiro atoms. The van der Waals surface area contributed by atoms with Gasteiger partial charge in [-0.2, -0.15) is 0 Å². The summed E-state index contributed by atoms with van der Waals surface area (Å²) < 4.78 is 19.2. The van der Waals surface area contributed by atoms with Crippen molar-refractivity contribution >= 4 is 17.6 Å². The summed E-state index contributed by atoms with van der Waals surface area (Å²) in [6.45, 7) is 5.94. The molecule has 162 valence electrons. The first-order valence-electron chi connectivity index (χ1n) is 10.1. The Labute approximate surface area is 180 Å². The second kappa shape index (κ2) is 9.93. The molecular formula is C24H26FN3O3. The van der Waals surface area contributed by atoms with Gasteiger partial charge in [-0.3, -0.25) is 4.79 Å². The quantitative estimate of drug-likeness (QED) is 0.512. The number of hydrogen-bond acceptors (Lipinski definition) is 3. The van der Waals surface area contributed by atoms with Gasteiger partial charge in [0.05, 0.1) is 12.5 Å². The standard InChI is InChI=1S/C24H26FN3O3/c1-15-11-20(17(3)31-15)14-26-24(30)27-16(2)18-8-6-9-21(12-18)28-23(29)13-19-7-4-5-10-22(19)25/h4-12,16H,13-14H2,1-3H3,(H,28,29)(H2,26,27,30). The molecule has 0 bridgehead atoms. The van der Waals surface area contributed by atoms with Gasteiger partial charge in [0, 0.05) is 17.8 Å². The average Bonchev–Trinajstić information content (AvgIpc) is 3.05. The Morgan fingerprint density at radius 1 is 1.03 bits per heavy atom. The third kappa shape index (κ3) is 6.18. The minimum atomic E-state index is -0.406. The summed E-state index contributed by atoms with van der Waals surface area (Å²) in [5.41, 5.74) is 2.68. The van der Waals surface area contributed by atoms with Crippen LogP contribution in [0.1, 0.15) is 41.2 Å². The number of urea groups is 1. The molecule has 3 aromatic rings. The van der Waals surface area contributed by atoms with Crippen molar-refractivity contribution in [1.29, 1.82) is 0 Å². The zero-order valence-electron chi connectivity index (χ0n) is 17.8. The maximum atomic E-state index is 13.7. The zero-order valence-corrected chi connectivity index (χ0v) is 17.8. The van der Waals surface area contributed by atoms with Crippen molar-refractivity contribution in [1.82, 2.24) is 10.6 Å². The lowest BCUT2D eigenvalue weighted by molar-refractivity contribution is -0.115. The van der Waals surface area contributed by atoms with Crippen molar-refractivity contribution in [3.05, 3.63) is 88.6 Å². The Kier molecular flexibility index (Phi) is 7.07. The Bertz CT molecular complexity index is 1080. The van der Waals surface area contributed by atoms with E-state index in [1.54, 1.807) is 36.4 Å². The number of rotatable bonds is 7. The SMILES string of the molecule is Cc1cc(CNC(=O)NC(C)c2cccc(NC(=O)Cc3ccccc3F)c2)c(C)o1. The van der Waals surface area contributed by atoms with Gasteiger partial charge in [-0.1, -0.05) is 30.3 Å². The summed E-state index contributed by atoms with van der Waals surface area (Å²) in [5.74, 6) is 0.865. The van der Waals surface area contributed by atoms with Crippen LogP contribution >= 0.6 is 0 Å². The summed E-state index contributed by atoms with van der Waals surface area (Å²) in [5, 5.41) is 8.47. The van der Waals surface area contributed by atoms with Crippen LogP contribution in [-0.4, -0.2) is 11.9 Å². The lowest BCUT2D eigenvalue weighted by Gasteiger charge is -2.16. The number of carbonyl (C=O) groups excluding carboxylic acids is 2. The van der Waals surface area contributed by atoms with E-state index in [9.17, 15) is 14.0 Å². The minimum absolute atomic E-state index is 0.0555. The second-order valence-corrected chi connectivity index (χ2v) is 7.43. The van der Waals surface area contributed by atoms with Crippen LogP contribution in [0, 0.1) is 19.7 Å². The highest BCUT2D eigenvalue weighted by molar-refractivity contribution is 5.92. The number of furan rings is 1. The molecule has 1 atom stereocenters. The summed E-state index contributed by atoms with van der Waals surface area (Å²) in [7, 11) is 0. The minimum Gasteiger partial charge on any atom is -0.466 e. The molecule has 0 radical (unpaired) electrons. The fraction of sp³-hybridized carbons (Fsp3) is 0.250. The Hall–Kier alpha value is -3.61. The number of hydrogen-bond donors (Lipinski definition) is 3. The van der Waals surface area contributed by atoms with E-state index in [0.717, 1.165) is 22.6 Å². The molecule has 3 N–H and O–H groups in total. The van der Waals surface area contributed by atoms with Crippen molar-refractivity contribution in [2.45, 2.75) is 39.8 Å². The molecule has 0 saturated carbocycles. The molecule has 0 aliphatic rings. The maximum absolute atomic E-state index is 13.7. The van der Waals surface area contributed by atoms with E-state index in [0.29, 0.717) is 17.8 Å². The molecule has 0 fully saturated rings. The van der Waals surface area contributed by atoms with E-state index < -0.39 is 5.82 Å². The second-order valence-electron chi connectivity index (χ2n) is 7.43. The van der Waals surface area contributed by atoms with E-state index in [1.165, 1.54) is 6.07 Å². The van der Waals surface area contributed by atoms with Crippen LogP contribution in [0.25, 0.3) is 0 Å². The lowest BCUT2D eigenvalue weighted by Crippen LogP contribution is -2.36. The van der Waals surface area contributed by atoms with Gasteiger partial charge in [-0.15, -0.1) is 0 Å². The van der Waals surface area contributed by atoms with Gasteiger partial charge in [-0.25, -0.2) is 9.18 Å². The molecule has 31 heavy (non-hydrogen) atoms. The first-order chi connectivity index (χ1) is 14.8. The number of anilines is 1. The molecule has 3 rings (SSSR count). The number of benzene rings is 2. The van der Waals surface area contributed by atoms with Gasteiger partial charge in [0.1, 0.15) is 17.3 Å². The fourth-order valence-corrected chi connectivity index (χ4v) is 3.27. The van der Waals surface area contributed by atoms with Gasteiger partial charge in [0.25, 0.3) is 0 Å². The van der Waals surface area contributed by atoms with Gasteiger partial charge < -0.3 is 20.4 Å². The predicted octanol–water partition coefficient (Wildman–Crippen LogP) is 4.78. The third-order valence-electron chi connectivity index (χ3n) is 4.91. The van der Waals surface area contributed by atoms with Crippen molar-refractivity contribution in [2.24, 2.45) is 0 Å². The molecule has 7 heteroatoms. The maximum Gasteiger partial charge on any atom is 0.315 e. The summed E-state index contributed by atoms with van der Waals surface area (Å²) in [6, 6.07) is 14.7. The molecular weight excluding hydrogens is 397 g/mol. The Morgan fingerprint density at radius 3 is 2.52 bits per heavy atom. The largest absolute Gasteiger partial charge is 0.466 e. The number of aryl methyl sites for hydroxylation is 2. The number of nitrogens with one attached hydrogen (secondary N) is 3. The fourth-order valence-electron chi connectivity index (χ4n) is 3.27. The Balaban J connectivity index is 1.54. The summed E-state index contributed by atoms with van der Waals surface area (Å²) in [6.07, 6.45) is -0.0555. The average molecular weight is 423 g/mol. The van der Waals surface area contributed by atoms with Gasteiger partial charge in [0.2, 0.25) is 5.91 Å². The highest BCUT2D eigenvalue weighted by Crippen LogP contribution is 2.18. The van der Waals surface area contributed by atoms with Gasteiger partial charge in [0.15, 0.2) is 0 Å². The van der Waals surface area contributed by atoms with Gasteiger partial charge in [-0.05, 0) is 56.2 Å². The van der Waals surface area contributed by atoms with E-state index in [-0.39, 0.29) is 24.4 Å². The third-order valence-corrected chi connectivity index (χ3v) is 4.91. The molecule has 1 unspecified atom stereocenters. The van der Waals surface area contributed by atoms with Crippen LogP contribution in [0.3, 0.4) is 0 Å². The first kappa shape index (κ1) is 22.1. The number of halogens is 1. The summed E-state index contributed by atoms with van der Waals surface area (Å²) >= 11 is 0. The van der Waals surface area contributed by atoms with Crippen molar-refractivity contribution in [3.8, 4) is 0 Å². The van der Waals surface area contributed by atoms with Crippen LogP contribution in [0.4, 0.5) is 14.9 Å². The molecule has 0 aliphatic heterocycles. The smallest absolute Gasteiger partial charge is 0.315 e. The van der Waals surface area contributed by atoms with Crippen molar-refractivity contribution in [3.63, 3.8) is 0 Å². The zero-order chi connectivity index (χ0) is 22.4. The van der Waals surface area contributed by atoms with Crippen LogP contribution < -0.4 is 16.0 Å². The summed E-state index contributed by atoms with van der Waals surface area (Å²) in [4.78, 5) is 24.5. The van der Waals surface area contributed by atoms with Crippen molar-refractivity contribution < 1.29 is 18.4 Å². The Morgan fingerprint density at radius 2 is 1.81 bits per heavy atom. The lowest BCUT2D eigenvalue weighted by atomic mass is 10.1. The van der Waals surface area contributed by atoms with Crippen LogP contribution in [0.2, 0.25) is 0 Å². The van der Waals surface area contributed by atoms with Crippen LogP contribution in [0.5, 0.6) is 0 Å². The molecule has 1 heterocycles. The highest BCUT2D eigenvalue weighted by Gasteiger charge is 2.13. The highest BCUT2D eigenvalue weighted by atomic mass is 19.1. The normalized spacial score (nSPS) is 11.6. The van der Waals surface area contributed by atoms with Crippen LogP contribution in [-0.2, 0) is 17.8 Å². The number of carbonyl (C=O) groups is 2. The number of amides is 3. The van der Waals surface area contributed by atoms with E-state index >= 15 is 0 Å². The van der Waals surface area contributed by atoms with Crippen molar-refractivity contribution in [2.75, 3.05) is 5.32 Å². The molecule has 0 aliphatic carbocycles. The topological polar surface area (TPSA) is 83.4 Å². The molecule has 3 amide bonds. The monoisotopic (exact) mass is 423 g/mol. The first-order valence-corrected chi connectivity index (χ1v) is 10.1. The van der Waals surface area contributed by atoms with E-state index in [4.69, 9.17) is 4.42 Å². The van der Waals surface area contributed by atoms with E-state index in [2.05, 4.69) is 16.0 Å². The molecule has 6 nitrogen and oxygen atoms in total. The molecule has 2 aromatic carbocycles. The van der Waals surface area contributed by atoms with Gasteiger partial charge >= 0.3 is 6.03 Å². The van der Waals surface area contributed by atoms with E-state index in [1.807, 2.05) is 32.9 Å². The van der Waals surface area contributed by atoms with Crippen LogP contribution in [0.15, 0.2) is 59.0 Å².